The second-order valence-electron chi connectivity index (χ2n) is 3.35. The van der Waals surface area contributed by atoms with Crippen molar-refractivity contribution in [2.24, 2.45) is 0 Å². The summed E-state index contributed by atoms with van der Waals surface area (Å²) in [5.41, 5.74) is 0.573. The quantitative estimate of drug-likeness (QED) is 0.697. The maximum absolute atomic E-state index is 10.7. The predicted molar refractivity (Wildman–Crippen MR) is 64.4 cm³/mol. The van der Waals surface area contributed by atoms with Crippen LogP contribution >= 0.6 is 15.9 Å². The molecule has 0 aliphatic heterocycles. The van der Waals surface area contributed by atoms with Gasteiger partial charge >= 0.3 is 0 Å². The Labute approximate surface area is 105 Å². The maximum atomic E-state index is 10.7. The standard InChI is InChI=1S/C11H8BrNO4/c12-10-3-1-7(13(15)16)5-9(10)11-4-2-8(6-14)17-11/h1-5,14H,6H2. The first-order valence-corrected chi connectivity index (χ1v) is 5.55. The van der Waals surface area contributed by atoms with Gasteiger partial charge < -0.3 is 9.52 Å². The molecule has 0 spiro atoms. The Morgan fingerprint density at radius 3 is 2.71 bits per heavy atom. The molecule has 1 aromatic carbocycles. The van der Waals surface area contributed by atoms with Crippen molar-refractivity contribution in [3.63, 3.8) is 0 Å². The molecule has 2 aromatic rings. The number of halogens is 1. The zero-order valence-electron chi connectivity index (χ0n) is 8.59. The van der Waals surface area contributed by atoms with Crippen LogP contribution in [0.3, 0.4) is 0 Å². The fourth-order valence-electron chi connectivity index (χ4n) is 1.42. The number of nitrogens with zero attached hydrogens (tertiary/aromatic N) is 1. The first kappa shape index (κ1) is 11.8. The van der Waals surface area contributed by atoms with Crippen molar-refractivity contribution < 1.29 is 14.4 Å². The van der Waals surface area contributed by atoms with Crippen LogP contribution in [0, 0.1) is 10.1 Å². The molecule has 0 aliphatic carbocycles. The lowest BCUT2D eigenvalue weighted by Crippen LogP contribution is -1.88. The Morgan fingerprint density at radius 2 is 2.12 bits per heavy atom. The summed E-state index contributed by atoms with van der Waals surface area (Å²) in [5, 5.41) is 19.6. The lowest BCUT2D eigenvalue weighted by molar-refractivity contribution is -0.384. The summed E-state index contributed by atoms with van der Waals surface area (Å²) in [6.45, 7) is -0.202. The number of aliphatic hydroxyl groups excluding tert-OH is 1. The van der Waals surface area contributed by atoms with E-state index in [4.69, 9.17) is 9.52 Å². The van der Waals surface area contributed by atoms with Gasteiger partial charge in [-0.15, -0.1) is 0 Å². The summed E-state index contributed by atoms with van der Waals surface area (Å²) < 4.78 is 6.03. The van der Waals surface area contributed by atoms with Gasteiger partial charge in [0.1, 0.15) is 18.1 Å². The molecule has 1 N–H and O–H groups in total. The highest BCUT2D eigenvalue weighted by molar-refractivity contribution is 9.10. The summed E-state index contributed by atoms with van der Waals surface area (Å²) in [4.78, 5) is 10.2. The van der Waals surface area contributed by atoms with Crippen molar-refractivity contribution in [2.45, 2.75) is 6.61 Å². The molecule has 0 aliphatic rings. The Morgan fingerprint density at radius 1 is 1.35 bits per heavy atom. The van der Waals surface area contributed by atoms with Crippen LogP contribution in [0.15, 0.2) is 39.2 Å². The lowest BCUT2D eigenvalue weighted by Gasteiger charge is -2.01. The molecule has 0 amide bonds. The van der Waals surface area contributed by atoms with Gasteiger partial charge in [0, 0.05) is 22.2 Å². The number of benzene rings is 1. The smallest absolute Gasteiger partial charge is 0.270 e. The topological polar surface area (TPSA) is 76.5 Å². The fraction of sp³-hybridized carbons (Fsp3) is 0.0909. The monoisotopic (exact) mass is 297 g/mol. The molecule has 1 heterocycles. The summed E-state index contributed by atoms with van der Waals surface area (Å²) in [6, 6.07) is 7.71. The summed E-state index contributed by atoms with van der Waals surface area (Å²) >= 11 is 3.30. The number of nitro benzene ring substituents is 1. The molecule has 2 rings (SSSR count). The van der Waals surface area contributed by atoms with Crippen LogP contribution in [-0.2, 0) is 6.61 Å². The minimum Gasteiger partial charge on any atom is -0.459 e. The van der Waals surface area contributed by atoms with Gasteiger partial charge in [-0.2, -0.15) is 0 Å². The second kappa shape index (κ2) is 4.68. The Bertz CT molecular complexity index is 564. The summed E-state index contributed by atoms with van der Waals surface area (Å²) in [7, 11) is 0. The lowest BCUT2D eigenvalue weighted by atomic mass is 10.1. The number of rotatable bonds is 3. The van der Waals surface area contributed by atoms with Crippen molar-refractivity contribution in [1.82, 2.24) is 0 Å². The number of furan rings is 1. The minimum absolute atomic E-state index is 0.00912. The molecule has 17 heavy (non-hydrogen) atoms. The maximum Gasteiger partial charge on any atom is 0.270 e. The molecule has 0 radical (unpaired) electrons. The van der Waals surface area contributed by atoms with Gasteiger partial charge in [0.05, 0.1) is 4.92 Å². The van der Waals surface area contributed by atoms with Crippen LogP contribution in [0.1, 0.15) is 5.76 Å². The average Bonchev–Trinajstić information content (AvgIpc) is 2.77. The predicted octanol–water partition coefficient (Wildman–Crippen LogP) is 3.11. The van der Waals surface area contributed by atoms with Gasteiger partial charge in [-0.25, -0.2) is 0 Å². The molecule has 6 heteroatoms. The van der Waals surface area contributed by atoms with E-state index in [-0.39, 0.29) is 12.3 Å². The molecular formula is C11H8BrNO4. The van der Waals surface area contributed by atoms with Crippen LogP contribution in [0.25, 0.3) is 11.3 Å². The van der Waals surface area contributed by atoms with Crippen LogP contribution < -0.4 is 0 Å². The molecule has 88 valence electrons. The highest BCUT2D eigenvalue weighted by Gasteiger charge is 2.13. The molecule has 0 fully saturated rings. The Hall–Kier alpha value is -1.66. The first-order valence-electron chi connectivity index (χ1n) is 4.75. The van der Waals surface area contributed by atoms with E-state index in [2.05, 4.69) is 15.9 Å². The van der Waals surface area contributed by atoms with Crippen LogP contribution in [0.4, 0.5) is 5.69 Å². The van der Waals surface area contributed by atoms with Crippen molar-refractivity contribution >= 4 is 21.6 Å². The van der Waals surface area contributed by atoms with Crippen molar-refractivity contribution in [2.75, 3.05) is 0 Å². The zero-order chi connectivity index (χ0) is 12.4. The normalized spacial score (nSPS) is 10.5. The zero-order valence-corrected chi connectivity index (χ0v) is 10.2. The first-order chi connectivity index (χ1) is 8.11. The van der Waals surface area contributed by atoms with E-state index < -0.39 is 4.92 Å². The van der Waals surface area contributed by atoms with Crippen LogP contribution in [0.5, 0.6) is 0 Å². The van der Waals surface area contributed by atoms with Crippen LogP contribution in [0.2, 0.25) is 0 Å². The molecule has 5 nitrogen and oxygen atoms in total. The fourth-order valence-corrected chi connectivity index (χ4v) is 1.87. The molecule has 0 bridgehead atoms. The SMILES string of the molecule is O=[N+]([O-])c1ccc(Br)c(-c2ccc(CO)o2)c1. The van der Waals surface area contributed by atoms with E-state index in [1.54, 1.807) is 18.2 Å². The second-order valence-corrected chi connectivity index (χ2v) is 4.20. The largest absolute Gasteiger partial charge is 0.459 e. The van der Waals surface area contributed by atoms with Crippen molar-refractivity contribution in [1.29, 1.82) is 0 Å². The number of aliphatic hydroxyl groups is 1. The van der Waals surface area contributed by atoms with Gasteiger partial charge in [-0.3, -0.25) is 10.1 Å². The van der Waals surface area contributed by atoms with Crippen molar-refractivity contribution in [3.8, 4) is 11.3 Å². The highest BCUT2D eigenvalue weighted by atomic mass is 79.9. The molecule has 0 unspecified atom stereocenters. The molecule has 0 atom stereocenters. The minimum atomic E-state index is -0.466. The number of hydrogen-bond acceptors (Lipinski definition) is 4. The number of nitro groups is 1. The molecule has 1 aromatic heterocycles. The number of hydrogen-bond donors (Lipinski definition) is 1. The van der Waals surface area contributed by atoms with E-state index in [0.29, 0.717) is 21.6 Å². The number of non-ortho nitro benzene ring substituents is 1. The van der Waals surface area contributed by atoms with E-state index in [1.807, 2.05) is 0 Å². The third-order valence-electron chi connectivity index (χ3n) is 2.24. The Balaban J connectivity index is 2.49. The van der Waals surface area contributed by atoms with E-state index in [0.717, 1.165) is 0 Å². The van der Waals surface area contributed by atoms with Crippen molar-refractivity contribution in [3.05, 3.63) is 50.7 Å². The van der Waals surface area contributed by atoms with Gasteiger partial charge in [-0.1, -0.05) is 15.9 Å². The van der Waals surface area contributed by atoms with Gasteiger partial charge in [0.2, 0.25) is 0 Å². The molecule has 0 saturated heterocycles. The van der Waals surface area contributed by atoms with Gasteiger partial charge in [0.25, 0.3) is 5.69 Å². The summed E-state index contributed by atoms with van der Waals surface area (Å²) in [6.07, 6.45) is 0. The van der Waals surface area contributed by atoms with E-state index in [9.17, 15) is 10.1 Å². The van der Waals surface area contributed by atoms with Gasteiger partial charge in [0.15, 0.2) is 0 Å². The average molecular weight is 298 g/mol. The summed E-state index contributed by atoms with van der Waals surface area (Å²) in [5.74, 6) is 0.892. The molecule has 0 saturated carbocycles. The Kier molecular flexibility index (Phi) is 3.26. The van der Waals surface area contributed by atoms with E-state index in [1.165, 1.54) is 12.1 Å². The highest BCUT2D eigenvalue weighted by Crippen LogP contribution is 2.32. The third kappa shape index (κ3) is 2.37. The third-order valence-corrected chi connectivity index (χ3v) is 2.94. The van der Waals surface area contributed by atoms with Gasteiger partial charge in [-0.05, 0) is 18.2 Å². The van der Waals surface area contributed by atoms with Crippen LogP contribution in [-0.4, -0.2) is 10.0 Å². The molecular weight excluding hydrogens is 290 g/mol. The van der Waals surface area contributed by atoms with E-state index >= 15 is 0 Å².